The molecule has 0 fully saturated rings. The Morgan fingerprint density at radius 3 is 2.14 bits per heavy atom. The molecule has 0 saturated heterocycles. The van der Waals surface area contributed by atoms with E-state index in [4.69, 9.17) is 10.7 Å². The average Bonchev–Trinajstić information content (AvgIpc) is 2.06. The van der Waals surface area contributed by atoms with Crippen molar-refractivity contribution in [3.63, 3.8) is 0 Å². The Bertz CT molecular complexity index is 489. The number of rotatable bonds is 1. The first-order chi connectivity index (χ1) is 6.25. The third-order valence-corrected chi connectivity index (χ3v) is 5.04. The van der Waals surface area contributed by atoms with Gasteiger partial charge in [0.15, 0.2) is 11.6 Å². The Hall–Kier alpha value is 0.280. The lowest BCUT2D eigenvalue weighted by atomic mass is 10.3. The second kappa shape index (κ2) is 4.03. The van der Waals surface area contributed by atoms with Crippen molar-refractivity contribution in [1.29, 1.82) is 0 Å². The topological polar surface area (TPSA) is 34.1 Å². The van der Waals surface area contributed by atoms with Gasteiger partial charge in [-0.15, -0.1) is 0 Å². The maximum atomic E-state index is 12.9. The van der Waals surface area contributed by atoms with Crippen LogP contribution in [-0.4, -0.2) is 8.42 Å². The standard InChI is InChI=1S/C6HBr2ClF2O2S/c7-4-3(14(9,12)13)1-2(10)6(11)5(4)8/h1H. The lowest BCUT2D eigenvalue weighted by Crippen LogP contribution is -1.97. The highest BCUT2D eigenvalue weighted by molar-refractivity contribution is 9.13. The maximum Gasteiger partial charge on any atom is 0.262 e. The van der Waals surface area contributed by atoms with Crippen LogP contribution in [0.5, 0.6) is 0 Å². The molecule has 1 aromatic carbocycles. The van der Waals surface area contributed by atoms with Crippen molar-refractivity contribution in [2.24, 2.45) is 0 Å². The van der Waals surface area contributed by atoms with Gasteiger partial charge in [-0.25, -0.2) is 17.2 Å². The first kappa shape index (κ1) is 12.4. The molecule has 0 radical (unpaired) electrons. The molecule has 0 heterocycles. The van der Waals surface area contributed by atoms with Crippen LogP contribution in [-0.2, 0) is 9.05 Å². The van der Waals surface area contributed by atoms with Gasteiger partial charge < -0.3 is 0 Å². The fourth-order valence-electron chi connectivity index (χ4n) is 0.729. The molecule has 0 aliphatic carbocycles. The Morgan fingerprint density at radius 2 is 1.71 bits per heavy atom. The molecule has 2 nitrogen and oxygen atoms in total. The molecular formula is C6HBr2ClF2O2S. The lowest BCUT2D eigenvalue weighted by molar-refractivity contribution is 0.499. The molecule has 1 aromatic rings. The van der Waals surface area contributed by atoms with E-state index < -0.39 is 25.6 Å². The zero-order valence-electron chi connectivity index (χ0n) is 6.19. The van der Waals surface area contributed by atoms with Crippen molar-refractivity contribution in [3.05, 3.63) is 26.6 Å². The van der Waals surface area contributed by atoms with Crippen LogP contribution < -0.4 is 0 Å². The van der Waals surface area contributed by atoms with Gasteiger partial charge in [-0.2, -0.15) is 0 Å². The van der Waals surface area contributed by atoms with Crippen molar-refractivity contribution >= 4 is 51.6 Å². The minimum absolute atomic E-state index is 0.147. The molecule has 0 aliphatic rings. The largest absolute Gasteiger partial charge is 0.262 e. The molecule has 14 heavy (non-hydrogen) atoms. The SMILES string of the molecule is O=S(=O)(Cl)c1cc(F)c(F)c(Br)c1Br. The molecule has 1 rings (SSSR count). The summed E-state index contributed by atoms with van der Waals surface area (Å²) in [6.45, 7) is 0. The van der Waals surface area contributed by atoms with Crippen molar-refractivity contribution < 1.29 is 17.2 Å². The van der Waals surface area contributed by atoms with E-state index >= 15 is 0 Å². The summed E-state index contributed by atoms with van der Waals surface area (Å²) in [6.07, 6.45) is 0. The minimum atomic E-state index is -4.11. The smallest absolute Gasteiger partial charge is 0.207 e. The average molecular weight is 370 g/mol. The van der Waals surface area contributed by atoms with Crippen LogP contribution in [0.4, 0.5) is 8.78 Å². The van der Waals surface area contributed by atoms with Gasteiger partial charge in [0.2, 0.25) is 0 Å². The van der Waals surface area contributed by atoms with E-state index in [0.29, 0.717) is 6.07 Å². The Balaban J connectivity index is 3.66. The van der Waals surface area contributed by atoms with E-state index in [1.54, 1.807) is 0 Å². The van der Waals surface area contributed by atoms with Crippen LogP contribution in [0.3, 0.4) is 0 Å². The highest BCUT2D eigenvalue weighted by Gasteiger charge is 2.22. The summed E-state index contributed by atoms with van der Waals surface area (Å²) in [7, 11) is 0.886. The fraction of sp³-hybridized carbons (Fsp3) is 0. The number of benzene rings is 1. The second-order valence-corrected chi connectivity index (χ2v) is 6.36. The van der Waals surface area contributed by atoms with Gasteiger partial charge in [-0.05, 0) is 37.9 Å². The van der Waals surface area contributed by atoms with Gasteiger partial charge in [-0.1, -0.05) is 0 Å². The van der Waals surface area contributed by atoms with Crippen LogP contribution in [0.25, 0.3) is 0 Å². The monoisotopic (exact) mass is 368 g/mol. The zero-order valence-corrected chi connectivity index (χ0v) is 10.9. The summed E-state index contributed by atoms with van der Waals surface area (Å²) >= 11 is 5.47. The van der Waals surface area contributed by atoms with E-state index in [-0.39, 0.29) is 8.95 Å². The van der Waals surface area contributed by atoms with Gasteiger partial charge in [0, 0.05) is 10.7 Å². The van der Waals surface area contributed by atoms with Gasteiger partial charge in [-0.3, -0.25) is 0 Å². The van der Waals surface area contributed by atoms with Crippen molar-refractivity contribution in [2.45, 2.75) is 4.90 Å². The van der Waals surface area contributed by atoms with Crippen LogP contribution in [0.1, 0.15) is 0 Å². The fourth-order valence-corrected chi connectivity index (χ4v) is 3.40. The molecule has 0 atom stereocenters. The summed E-state index contributed by atoms with van der Waals surface area (Å²) in [6, 6.07) is 0.506. The quantitative estimate of drug-likeness (QED) is 0.431. The van der Waals surface area contributed by atoms with E-state index in [1.807, 2.05) is 0 Å². The third kappa shape index (κ3) is 2.26. The zero-order chi connectivity index (χ0) is 11.1. The Labute approximate surface area is 99.9 Å². The van der Waals surface area contributed by atoms with Crippen molar-refractivity contribution in [1.82, 2.24) is 0 Å². The Morgan fingerprint density at radius 1 is 1.21 bits per heavy atom. The molecular weight excluding hydrogens is 369 g/mol. The van der Waals surface area contributed by atoms with Gasteiger partial charge in [0.25, 0.3) is 9.05 Å². The lowest BCUT2D eigenvalue weighted by Gasteiger charge is -2.04. The summed E-state index contributed by atoms with van der Waals surface area (Å²) in [5, 5.41) is 0. The second-order valence-electron chi connectivity index (χ2n) is 2.24. The van der Waals surface area contributed by atoms with E-state index in [0.717, 1.165) is 0 Å². The van der Waals surface area contributed by atoms with E-state index in [1.165, 1.54) is 0 Å². The summed E-state index contributed by atoms with van der Waals surface area (Å²) in [5.41, 5.74) is 0. The summed E-state index contributed by atoms with van der Waals surface area (Å²) in [4.78, 5) is -0.523. The molecule has 0 aliphatic heterocycles. The van der Waals surface area contributed by atoms with Gasteiger partial charge >= 0.3 is 0 Å². The number of hydrogen-bond donors (Lipinski definition) is 0. The summed E-state index contributed by atoms with van der Waals surface area (Å²) < 4.78 is 47.0. The van der Waals surface area contributed by atoms with E-state index in [9.17, 15) is 17.2 Å². The minimum Gasteiger partial charge on any atom is -0.207 e. The van der Waals surface area contributed by atoms with Crippen LogP contribution in [0.2, 0.25) is 0 Å². The van der Waals surface area contributed by atoms with Crippen molar-refractivity contribution in [3.8, 4) is 0 Å². The van der Waals surface area contributed by atoms with Crippen LogP contribution in [0, 0.1) is 11.6 Å². The highest BCUT2D eigenvalue weighted by atomic mass is 79.9. The molecule has 0 aromatic heterocycles. The van der Waals surface area contributed by atoms with Gasteiger partial charge in [0.1, 0.15) is 4.90 Å². The predicted octanol–water partition coefficient (Wildman–Crippen LogP) is 3.42. The van der Waals surface area contributed by atoms with Crippen molar-refractivity contribution in [2.75, 3.05) is 0 Å². The first-order valence-electron chi connectivity index (χ1n) is 3.03. The molecule has 0 spiro atoms. The highest BCUT2D eigenvalue weighted by Crippen LogP contribution is 2.35. The van der Waals surface area contributed by atoms with Gasteiger partial charge in [0.05, 0.1) is 8.95 Å². The molecule has 0 amide bonds. The molecule has 8 heteroatoms. The molecule has 78 valence electrons. The number of halogens is 5. The predicted molar refractivity (Wildman–Crippen MR) is 54.8 cm³/mol. The molecule has 0 N–H and O–H groups in total. The maximum absolute atomic E-state index is 12.9. The molecule has 0 unspecified atom stereocenters. The number of hydrogen-bond acceptors (Lipinski definition) is 2. The van der Waals surface area contributed by atoms with E-state index in [2.05, 4.69) is 31.9 Å². The Kier molecular flexibility index (Phi) is 3.56. The molecule has 0 bridgehead atoms. The van der Waals surface area contributed by atoms with Crippen LogP contribution >= 0.6 is 42.5 Å². The summed E-state index contributed by atoms with van der Waals surface area (Å²) in [5.74, 6) is -2.47. The third-order valence-electron chi connectivity index (χ3n) is 1.33. The normalized spacial score (nSPS) is 11.8. The molecule has 0 saturated carbocycles. The van der Waals surface area contributed by atoms with Crippen LogP contribution in [0.15, 0.2) is 19.9 Å². The first-order valence-corrected chi connectivity index (χ1v) is 6.92.